The Hall–Kier alpha value is -1.32. The maximum Gasteiger partial charge on any atom is 0.0771 e. The van der Waals surface area contributed by atoms with Crippen molar-refractivity contribution in [3.63, 3.8) is 0 Å². The van der Waals surface area contributed by atoms with Gasteiger partial charge in [0.25, 0.3) is 0 Å². The summed E-state index contributed by atoms with van der Waals surface area (Å²) >= 11 is 0. The Balaban J connectivity index is 1.61. The molecule has 1 fully saturated rings. The lowest BCUT2D eigenvalue weighted by Gasteiger charge is -2.32. The van der Waals surface area contributed by atoms with E-state index < -0.39 is 5.60 Å². The molecule has 3 heteroatoms. The maximum absolute atomic E-state index is 10.5. The molecule has 102 valence electrons. The second-order valence-corrected chi connectivity index (χ2v) is 5.74. The van der Waals surface area contributed by atoms with E-state index in [1.54, 1.807) is 0 Å². The Morgan fingerprint density at radius 3 is 2.84 bits per heavy atom. The van der Waals surface area contributed by atoms with E-state index in [4.69, 9.17) is 0 Å². The number of benzene rings is 1. The molecule has 0 spiro atoms. The molecule has 1 aromatic heterocycles. The monoisotopic (exact) mass is 258 g/mol. The molecule has 0 radical (unpaired) electrons. The van der Waals surface area contributed by atoms with Crippen LogP contribution < -0.4 is 5.32 Å². The summed E-state index contributed by atoms with van der Waals surface area (Å²) in [6.07, 6.45) is 7.44. The molecular weight excluding hydrogens is 236 g/mol. The first-order valence-electron chi connectivity index (χ1n) is 7.25. The molecule has 19 heavy (non-hydrogen) atoms. The van der Waals surface area contributed by atoms with E-state index in [1.165, 1.54) is 22.9 Å². The molecule has 1 aliphatic carbocycles. The van der Waals surface area contributed by atoms with Crippen LogP contribution in [-0.4, -0.2) is 22.2 Å². The number of aromatic nitrogens is 1. The number of aromatic amines is 1. The van der Waals surface area contributed by atoms with E-state index in [1.807, 2.05) is 6.20 Å². The zero-order valence-electron chi connectivity index (χ0n) is 11.3. The highest BCUT2D eigenvalue weighted by Gasteiger charge is 2.28. The standard InChI is InChI=1S/C16H22N2O/c19-16(8-2-1-3-9-16)12-17-11-13-5-4-6-15-14(13)7-10-18-15/h4-7,10,17-19H,1-3,8-9,11-12H2. The third-order valence-corrected chi connectivity index (χ3v) is 4.24. The van der Waals surface area contributed by atoms with Gasteiger partial charge in [0.1, 0.15) is 0 Å². The van der Waals surface area contributed by atoms with E-state index in [-0.39, 0.29) is 0 Å². The van der Waals surface area contributed by atoms with Gasteiger partial charge >= 0.3 is 0 Å². The number of nitrogens with one attached hydrogen (secondary N) is 2. The van der Waals surface area contributed by atoms with Crippen LogP contribution in [0.25, 0.3) is 10.9 Å². The van der Waals surface area contributed by atoms with Gasteiger partial charge in [0.2, 0.25) is 0 Å². The molecule has 1 aliphatic rings. The van der Waals surface area contributed by atoms with Crippen molar-refractivity contribution in [2.24, 2.45) is 0 Å². The van der Waals surface area contributed by atoms with Gasteiger partial charge in [0, 0.05) is 30.2 Å². The molecular formula is C16H22N2O. The van der Waals surface area contributed by atoms with Crippen LogP contribution in [0, 0.1) is 0 Å². The van der Waals surface area contributed by atoms with Crippen LogP contribution in [-0.2, 0) is 6.54 Å². The highest BCUT2D eigenvalue weighted by molar-refractivity contribution is 5.82. The quantitative estimate of drug-likeness (QED) is 0.789. The minimum Gasteiger partial charge on any atom is -0.389 e. The van der Waals surface area contributed by atoms with E-state index in [2.05, 4.69) is 34.6 Å². The molecule has 0 bridgehead atoms. The Kier molecular flexibility index (Phi) is 3.58. The van der Waals surface area contributed by atoms with Gasteiger partial charge in [-0.3, -0.25) is 0 Å². The summed E-state index contributed by atoms with van der Waals surface area (Å²) in [5, 5.41) is 15.2. The lowest BCUT2D eigenvalue weighted by molar-refractivity contribution is 0.00469. The first-order chi connectivity index (χ1) is 9.27. The Labute approximate surface area is 114 Å². The van der Waals surface area contributed by atoms with Crippen molar-refractivity contribution in [1.29, 1.82) is 0 Å². The highest BCUT2D eigenvalue weighted by Crippen LogP contribution is 2.27. The Bertz CT molecular complexity index is 540. The van der Waals surface area contributed by atoms with Crippen LogP contribution in [0.3, 0.4) is 0 Å². The summed E-state index contributed by atoms with van der Waals surface area (Å²) in [5.41, 5.74) is 1.98. The number of H-pyrrole nitrogens is 1. The van der Waals surface area contributed by atoms with Crippen LogP contribution >= 0.6 is 0 Å². The van der Waals surface area contributed by atoms with Gasteiger partial charge < -0.3 is 15.4 Å². The number of hydrogen-bond acceptors (Lipinski definition) is 2. The SMILES string of the molecule is OC1(CNCc2cccc3[nH]ccc23)CCCCC1. The van der Waals surface area contributed by atoms with Gasteiger partial charge in [-0.2, -0.15) is 0 Å². The summed E-state index contributed by atoms with van der Waals surface area (Å²) in [6.45, 7) is 1.52. The third kappa shape index (κ3) is 2.82. The first-order valence-corrected chi connectivity index (χ1v) is 7.25. The maximum atomic E-state index is 10.5. The van der Waals surface area contributed by atoms with Crippen molar-refractivity contribution < 1.29 is 5.11 Å². The normalized spacial score (nSPS) is 18.8. The van der Waals surface area contributed by atoms with E-state index in [0.29, 0.717) is 6.54 Å². The second kappa shape index (κ2) is 5.35. The van der Waals surface area contributed by atoms with Gasteiger partial charge in [0.15, 0.2) is 0 Å². The third-order valence-electron chi connectivity index (χ3n) is 4.24. The number of hydrogen-bond donors (Lipinski definition) is 3. The highest BCUT2D eigenvalue weighted by atomic mass is 16.3. The summed E-state index contributed by atoms with van der Waals surface area (Å²) in [6, 6.07) is 8.43. The minimum atomic E-state index is -0.482. The molecule has 3 nitrogen and oxygen atoms in total. The first kappa shape index (κ1) is 12.7. The van der Waals surface area contributed by atoms with Crippen LogP contribution in [0.15, 0.2) is 30.5 Å². The topological polar surface area (TPSA) is 48.0 Å². The number of rotatable bonds is 4. The molecule has 0 unspecified atom stereocenters. The summed E-state index contributed by atoms with van der Waals surface area (Å²) in [7, 11) is 0. The summed E-state index contributed by atoms with van der Waals surface area (Å²) in [5.74, 6) is 0. The molecule has 1 heterocycles. The van der Waals surface area contributed by atoms with Crippen molar-refractivity contribution in [3.05, 3.63) is 36.0 Å². The van der Waals surface area contributed by atoms with Crippen LogP contribution in [0.5, 0.6) is 0 Å². The molecule has 2 aromatic rings. The summed E-state index contributed by atoms with van der Waals surface area (Å²) < 4.78 is 0. The molecule has 1 aromatic carbocycles. The van der Waals surface area contributed by atoms with Crippen molar-refractivity contribution in [2.75, 3.05) is 6.54 Å². The smallest absolute Gasteiger partial charge is 0.0771 e. The average Bonchev–Trinajstić information content (AvgIpc) is 2.88. The largest absolute Gasteiger partial charge is 0.389 e. The predicted molar refractivity (Wildman–Crippen MR) is 78.0 cm³/mol. The molecule has 0 amide bonds. The summed E-state index contributed by atoms with van der Waals surface area (Å²) in [4.78, 5) is 3.23. The van der Waals surface area contributed by atoms with Crippen molar-refractivity contribution in [3.8, 4) is 0 Å². The second-order valence-electron chi connectivity index (χ2n) is 5.74. The van der Waals surface area contributed by atoms with Crippen LogP contribution in [0.2, 0.25) is 0 Å². The van der Waals surface area contributed by atoms with E-state index in [9.17, 15) is 5.11 Å². The average molecular weight is 258 g/mol. The van der Waals surface area contributed by atoms with Crippen molar-refractivity contribution >= 4 is 10.9 Å². The fourth-order valence-corrected chi connectivity index (χ4v) is 3.12. The lowest BCUT2D eigenvalue weighted by atomic mass is 9.85. The number of fused-ring (bicyclic) bond motifs is 1. The Morgan fingerprint density at radius 1 is 1.16 bits per heavy atom. The molecule has 0 saturated heterocycles. The van der Waals surface area contributed by atoms with E-state index >= 15 is 0 Å². The lowest BCUT2D eigenvalue weighted by Crippen LogP contribution is -2.41. The van der Waals surface area contributed by atoms with Crippen LogP contribution in [0.4, 0.5) is 0 Å². The fraction of sp³-hybridized carbons (Fsp3) is 0.500. The van der Waals surface area contributed by atoms with Gasteiger partial charge in [-0.25, -0.2) is 0 Å². The molecule has 0 aliphatic heterocycles. The molecule has 0 atom stereocenters. The fourth-order valence-electron chi connectivity index (χ4n) is 3.12. The van der Waals surface area contributed by atoms with Gasteiger partial charge in [0.05, 0.1) is 5.60 Å². The predicted octanol–water partition coefficient (Wildman–Crippen LogP) is 2.95. The molecule has 3 rings (SSSR count). The van der Waals surface area contributed by atoms with Gasteiger partial charge in [-0.1, -0.05) is 31.4 Å². The van der Waals surface area contributed by atoms with Crippen molar-refractivity contribution in [1.82, 2.24) is 10.3 Å². The van der Waals surface area contributed by atoms with Crippen molar-refractivity contribution in [2.45, 2.75) is 44.2 Å². The molecule has 1 saturated carbocycles. The zero-order chi connectivity index (χ0) is 13.1. The zero-order valence-corrected chi connectivity index (χ0v) is 11.3. The minimum absolute atomic E-state index is 0.482. The Morgan fingerprint density at radius 2 is 2.00 bits per heavy atom. The van der Waals surface area contributed by atoms with Gasteiger partial charge in [-0.15, -0.1) is 0 Å². The van der Waals surface area contributed by atoms with Gasteiger partial charge in [-0.05, 0) is 30.5 Å². The molecule has 3 N–H and O–H groups in total. The number of aliphatic hydroxyl groups is 1. The van der Waals surface area contributed by atoms with Crippen LogP contribution in [0.1, 0.15) is 37.7 Å². The van der Waals surface area contributed by atoms with E-state index in [0.717, 1.165) is 32.2 Å².